The number of nitrogens with zero attached hydrogens (tertiary/aromatic N) is 3. The number of nitrogens with one attached hydrogen (secondary N) is 4. The Labute approximate surface area is 204 Å². The minimum atomic E-state index is -0.221. The van der Waals surface area contributed by atoms with Crippen molar-refractivity contribution in [1.29, 1.82) is 0 Å². The second-order valence-corrected chi connectivity index (χ2v) is 8.49. The number of aryl methyl sites for hydroxylation is 1. The van der Waals surface area contributed by atoms with Gasteiger partial charge in [-0.15, -0.1) is 11.6 Å². The molecule has 34 heavy (non-hydrogen) atoms. The maximum absolute atomic E-state index is 12.7. The summed E-state index contributed by atoms with van der Waals surface area (Å²) in [5.74, 6) is 1.13. The lowest BCUT2D eigenvalue weighted by Crippen LogP contribution is -2.43. The number of aromatic nitrogens is 2. The first-order chi connectivity index (χ1) is 16.4. The van der Waals surface area contributed by atoms with Crippen molar-refractivity contribution in [2.45, 2.75) is 25.8 Å². The molecular weight excluding hydrogens is 458 g/mol. The lowest BCUT2D eigenvalue weighted by atomic mass is 10.0. The number of amides is 2. The third kappa shape index (κ3) is 7.19. The van der Waals surface area contributed by atoms with Gasteiger partial charge in [-0.25, -0.2) is 4.98 Å². The van der Waals surface area contributed by atoms with Gasteiger partial charge in [0.1, 0.15) is 17.4 Å². The normalized spacial score (nSPS) is 14.4. The minimum Gasteiger partial charge on any atom is -0.495 e. The SMILES string of the molecule is COc1cc(C(=O)NC2CCN(C)CC2)ccc1Nc1ncc(C)c(NCCNC(=O)CCl)n1. The molecule has 0 aliphatic carbocycles. The van der Waals surface area contributed by atoms with Gasteiger partial charge in [0.05, 0.1) is 12.8 Å². The van der Waals surface area contributed by atoms with Crippen LogP contribution < -0.4 is 26.0 Å². The number of anilines is 3. The number of benzene rings is 1. The molecule has 0 unspecified atom stereocenters. The monoisotopic (exact) mass is 489 g/mol. The van der Waals surface area contributed by atoms with E-state index in [4.69, 9.17) is 16.3 Å². The van der Waals surface area contributed by atoms with Gasteiger partial charge in [-0.05, 0) is 58.1 Å². The number of likely N-dealkylation sites (tertiary alicyclic amines) is 1. The topological polar surface area (TPSA) is 121 Å². The molecule has 1 aromatic heterocycles. The molecule has 1 fully saturated rings. The summed E-state index contributed by atoms with van der Waals surface area (Å²) in [6.07, 6.45) is 3.59. The first-order valence-corrected chi connectivity index (χ1v) is 11.8. The van der Waals surface area contributed by atoms with Crippen LogP contribution in [0.3, 0.4) is 0 Å². The highest BCUT2D eigenvalue weighted by molar-refractivity contribution is 6.27. The molecule has 0 atom stereocenters. The summed E-state index contributed by atoms with van der Waals surface area (Å²) in [7, 11) is 3.64. The van der Waals surface area contributed by atoms with Crippen LogP contribution in [-0.2, 0) is 4.79 Å². The fourth-order valence-corrected chi connectivity index (χ4v) is 3.68. The van der Waals surface area contributed by atoms with Gasteiger partial charge in [0, 0.05) is 36.5 Å². The van der Waals surface area contributed by atoms with E-state index in [-0.39, 0.29) is 23.7 Å². The van der Waals surface area contributed by atoms with Gasteiger partial charge in [-0.2, -0.15) is 4.98 Å². The third-order valence-electron chi connectivity index (χ3n) is 5.60. The van der Waals surface area contributed by atoms with Gasteiger partial charge in [-0.3, -0.25) is 9.59 Å². The van der Waals surface area contributed by atoms with Crippen LogP contribution in [0.2, 0.25) is 0 Å². The predicted molar refractivity (Wildman–Crippen MR) is 133 cm³/mol. The van der Waals surface area contributed by atoms with E-state index in [1.165, 1.54) is 0 Å². The number of rotatable bonds is 10. The van der Waals surface area contributed by atoms with E-state index in [2.05, 4.69) is 43.2 Å². The standard InChI is InChI=1S/C23H32ClN7O3/c1-15-14-27-23(30-21(15)26-9-8-25-20(32)13-24)29-18-5-4-16(12-19(18)34-3)22(33)28-17-6-10-31(2)11-7-17/h4-5,12,14,17H,6-11,13H2,1-3H3,(H,25,32)(H,28,33)(H2,26,27,29,30). The minimum absolute atomic E-state index is 0.0684. The second-order valence-electron chi connectivity index (χ2n) is 8.23. The van der Waals surface area contributed by atoms with Crippen molar-refractivity contribution in [3.8, 4) is 5.75 Å². The van der Waals surface area contributed by atoms with Crippen LogP contribution in [0, 0.1) is 6.92 Å². The highest BCUT2D eigenvalue weighted by atomic mass is 35.5. The number of carbonyl (C=O) groups excluding carboxylic acids is 2. The molecule has 0 radical (unpaired) electrons. The summed E-state index contributed by atoms with van der Waals surface area (Å²) < 4.78 is 5.51. The summed E-state index contributed by atoms with van der Waals surface area (Å²) in [5, 5.41) is 12.1. The zero-order valence-electron chi connectivity index (χ0n) is 19.8. The van der Waals surface area contributed by atoms with E-state index >= 15 is 0 Å². The summed E-state index contributed by atoms with van der Waals surface area (Å²) in [6, 6.07) is 5.42. The van der Waals surface area contributed by atoms with Crippen molar-refractivity contribution in [2.24, 2.45) is 0 Å². The molecule has 4 N–H and O–H groups in total. The van der Waals surface area contributed by atoms with Crippen LogP contribution in [0.5, 0.6) is 5.75 Å². The molecule has 2 aromatic rings. The molecule has 2 amide bonds. The molecule has 11 heteroatoms. The van der Waals surface area contributed by atoms with Crippen molar-refractivity contribution in [1.82, 2.24) is 25.5 Å². The summed E-state index contributed by atoms with van der Waals surface area (Å²) in [6.45, 7) is 4.76. The number of alkyl halides is 1. The number of hydrogen-bond donors (Lipinski definition) is 4. The van der Waals surface area contributed by atoms with Crippen LogP contribution in [0.25, 0.3) is 0 Å². The van der Waals surface area contributed by atoms with Crippen molar-refractivity contribution in [2.75, 3.05) is 56.9 Å². The van der Waals surface area contributed by atoms with Crippen LogP contribution in [0.15, 0.2) is 24.4 Å². The molecule has 0 spiro atoms. The van der Waals surface area contributed by atoms with Gasteiger partial charge in [0.15, 0.2) is 0 Å². The zero-order chi connectivity index (χ0) is 24.5. The molecule has 1 aliphatic rings. The first-order valence-electron chi connectivity index (χ1n) is 11.2. The molecule has 10 nitrogen and oxygen atoms in total. The number of carbonyl (C=O) groups is 2. The maximum atomic E-state index is 12.7. The van der Waals surface area contributed by atoms with Crippen molar-refractivity contribution in [3.63, 3.8) is 0 Å². The Hall–Kier alpha value is -3.11. The van der Waals surface area contributed by atoms with Crippen LogP contribution in [0.4, 0.5) is 17.5 Å². The number of ether oxygens (including phenoxy) is 1. The molecule has 0 saturated carbocycles. The van der Waals surface area contributed by atoms with Gasteiger partial charge < -0.3 is 30.9 Å². The van der Waals surface area contributed by atoms with Gasteiger partial charge in [0.2, 0.25) is 11.9 Å². The fourth-order valence-electron chi connectivity index (χ4n) is 3.59. The average molecular weight is 490 g/mol. The van der Waals surface area contributed by atoms with Crippen LogP contribution in [-0.4, -0.2) is 78.9 Å². The van der Waals surface area contributed by atoms with Crippen molar-refractivity contribution >= 4 is 40.9 Å². The lowest BCUT2D eigenvalue weighted by Gasteiger charge is -2.29. The Kier molecular flexibility index (Phi) is 9.29. The molecule has 3 rings (SSSR count). The fraction of sp³-hybridized carbons (Fsp3) is 0.478. The van der Waals surface area contributed by atoms with E-state index in [1.807, 2.05) is 6.92 Å². The number of hydrogen-bond acceptors (Lipinski definition) is 8. The molecule has 0 bridgehead atoms. The Balaban J connectivity index is 1.63. The van der Waals surface area contributed by atoms with E-state index in [9.17, 15) is 9.59 Å². The number of piperidine rings is 1. The molecule has 184 valence electrons. The Morgan fingerprint density at radius 1 is 1.24 bits per heavy atom. The molecule has 2 heterocycles. The quantitative estimate of drug-likeness (QED) is 0.296. The van der Waals surface area contributed by atoms with Gasteiger partial charge in [-0.1, -0.05) is 0 Å². The average Bonchev–Trinajstić information content (AvgIpc) is 2.84. The Bertz CT molecular complexity index is 997. The Morgan fingerprint density at radius 2 is 2.00 bits per heavy atom. The predicted octanol–water partition coefficient (Wildman–Crippen LogP) is 2.13. The number of halogens is 1. The van der Waals surface area contributed by atoms with E-state index in [0.717, 1.165) is 31.5 Å². The molecule has 1 aromatic carbocycles. The van der Waals surface area contributed by atoms with E-state index < -0.39 is 0 Å². The lowest BCUT2D eigenvalue weighted by molar-refractivity contribution is -0.118. The molecule has 1 saturated heterocycles. The van der Waals surface area contributed by atoms with Crippen LogP contribution in [0.1, 0.15) is 28.8 Å². The van der Waals surface area contributed by atoms with Crippen molar-refractivity contribution in [3.05, 3.63) is 35.5 Å². The largest absolute Gasteiger partial charge is 0.495 e. The zero-order valence-corrected chi connectivity index (χ0v) is 20.5. The summed E-state index contributed by atoms with van der Waals surface area (Å²) >= 11 is 5.48. The molecular formula is C23H32ClN7O3. The summed E-state index contributed by atoms with van der Waals surface area (Å²) in [5.41, 5.74) is 2.04. The van der Waals surface area contributed by atoms with Crippen molar-refractivity contribution < 1.29 is 14.3 Å². The van der Waals surface area contributed by atoms with Gasteiger partial charge >= 0.3 is 0 Å². The third-order valence-corrected chi connectivity index (χ3v) is 5.84. The highest BCUT2D eigenvalue weighted by Gasteiger charge is 2.20. The smallest absolute Gasteiger partial charge is 0.251 e. The molecule has 1 aliphatic heterocycles. The van der Waals surface area contributed by atoms with E-state index in [0.29, 0.717) is 41.9 Å². The first kappa shape index (κ1) is 25.5. The Morgan fingerprint density at radius 3 is 2.71 bits per heavy atom. The highest BCUT2D eigenvalue weighted by Crippen LogP contribution is 2.28. The second kappa shape index (κ2) is 12.4. The van der Waals surface area contributed by atoms with E-state index in [1.54, 1.807) is 31.5 Å². The number of methoxy groups -OCH3 is 1. The summed E-state index contributed by atoms with van der Waals surface area (Å²) in [4.78, 5) is 35.1. The maximum Gasteiger partial charge on any atom is 0.251 e. The van der Waals surface area contributed by atoms with Crippen LogP contribution >= 0.6 is 11.6 Å². The van der Waals surface area contributed by atoms with Gasteiger partial charge in [0.25, 0.3) is 5.91 Å².